The summed E-state index contributed by atoms with van der Waals surface area (Å²) in [7, 11) is 0. The van der Waals surface area contributed by atoms with Crippen LogP contribution in [-0.2, 0) is 0 Å². The SMILES string of the molecule is O=C(c1ccc(Cl)cc1)c1cnn(-c2ccccn2)c1-c1ccc(Cl)cc1. The summed E-state index contributed by atoms with van der Waals surface area (Å²) >= 11 is 12.0. The molecular weight excluding hydrogens is 381 g/mol. The summed E-state index contributed by atoms with van der Waals surface area (Å²) in [5.41, 5.74) is 2.49. The predicted octanol–water partition coefficient (Wildman–Crippen LogP) is 5.47. The molecule has 0 aliphatic heterocycles. The normalized spacial score (nSPS) is 10.7. The van der Waals surface area contributed by atoms with Gasteiger partial charge in [-0.2, -0.15) is 5.10 Å². The molecule has 6 heteroatoms. The summed E-state index contributed by atoms with van der Waals surface area (Å²) in [6, 6.07) is 19.6. The van der Waals surface area contributed by atoms with Gasteiger partial charge in [-0.3, -0.25) is 4.79 Å². The van der Waals surface area contributed by atoms with Crippen molar-refractivity contribution < 1.29 is 4.79 Å². The van der Waals surface area contributed by atoms with E-state index in [9.17, 15) is 4.79 Å². The number of nitrogens with zero attached hydrogens (tertiary/aromatic N) is 3. The van der Waals surface area contributed by atoms with Crippen LogP contribution in [0, 0.1) is 0 Å². The maximum absolute atomic E-state index is 13.1. The Morgan fingerprint density at radius 2 is 1.52 bits per heavy atom. The van der Waals surface area contributed by atoms with Crippen molar-refractivity contribution in [2.75, 3.05) is 0 Å². The zero-order valence-electron chi connectivity index (χ0n) is 14.0. The highest BCUT2D eigenvalue weighted by atomic mass is 35.5. The molecular formula is C21H13Cl2N3O. The fraction of sp³-hybridized carbons (Fsp3) is 0. The second-order valence-electron chi connectivity index (χ2n) is 5.85. The predicted molar refractivity (Wildman–Crippen MR) is 107 cm³/mol. The second-order valence-corrected chi connectivity index (χ2v) is 6.72. The third-order valence-electron chi connectivity index (χ3n) is 4.10. The summed E-state index contributed by atoms with van der Waals surface area (Å²) in [5.74, 6) is 0.483. The summed E-state index contributed by atoms with van der Waals surface area (Å²) < 4.78 is 1.66. The molecule has 2 heterocycles. The van der Waals surface area contributed by atoms with Crippen LogP contribution in [0.1, 0.15) is 15.9 Å². The van der Waals surface area contributed by atoms with E-state index in [2.05, 4.69) is 10.1 Å². The van der Waals surface area contributed by atoms with Gasteiger partial charge in [-0.25, -0.2) is 9.67 Å². The number of hydrogen-bond acceptors (Lipinski definition) is 3. The highest BCUT2D eigenvalue weighted by molar-refractivity contribution is 6.31. The molecule has 4 nitrogen and oxygen atoms in total. The summed E-state index contributed by atoms with van der Waals surface area (Å²) in [6.07, 6.45) is 3.25. The first kappa shape index (κ1) is 17.5. The van der Waals surface area contributed by atoms with Crippen molar-refractivity contribution in [2.24, 2.45) is 0 Å². The maximum Gasteiger partial charge on any atom is 0.196 e. The lowest BCUT2D eigenvalue weighted by molar-refractivity contribution is 0.103. The summed E-state index contributed by atoms with van der Waals surface area (Å²) in [6.45, 7) is 0. The van der Waals surface area contributed by atoms with E-state index in [-0.39, 0.29) is 5.78 Å². The van der Waals surface area contributed by atoms with E-state index < -0.39 is 0 Å². The van der Waals surface area contributed by atoms with Gasteiger partial charge < -0.3 is 0 Å². The quantitative estimate of drug-likeness (QED) is 0.431. The second kappa shape index (κ2) is 7.35. The molecule has 0 fully saturated rings. The third-order valence-corrected chi connectivity index (χ3v) is 4.61. The van der Waals surface area contributed by atoms with Crippen molar-refractivity contribution in [3.63, 3.8) is 0 Å². The number of halogens is 2. The Labute approximate surface area is 166 Å². The molecule has 0 bridgehead atoms. The van der Waals surface area contributed by atoms with E-state index in [0.29, 0.717) is 32.7 Å². The van der Waals surface area contributed by atoms with Crippen LogP contribution in [0.15, 0.2) is 79.1 Å². The fourth-order valence-corrected chi connectivity index (χ4v) is 3.06. The Kier molecular flexibility index (Phi) is 4.75. The Morgan fingerprint density at radius 3 is 2.15 bits per heavy atom. The minimum Gasteiger partial charge on any atom is -0.288 e. The molecule has 0 unspecified atom stereocenters. The molecule has 2 aromatic heterocycles. The van der Waals surface area contributed by atoms with Gasteiger partial charge in [0.25, 0.3) is 0 Å². The fourth-order valence-electron chi connectivity index (χ4n) is 2.81. The number of rotatable bonds is 4. The molecule has 0 spiro atoms. The van der Waals surface area contributed by atoms with Gasteiger partial charge in [0.2, 0.25) is 0 Å². The molecule has 0 aliphatic rings. The van der Waals surface area contributed by atoms with Gasteiger partial charge in [0, 0.05) is 27.4 Å². The molecule has 0 radical (unpaired) electrons. The maximum atomic E-state index is 13.1. The van der Waals surface area contributed by atoms with Crippen molar-refractivity contribution >= 4 is 29.0 Å². The van der Waals surface area contributed by atoms with Crippen molar-refractivity contribution in [2.45, 2.75) is 0 Å². The van der Waals surface area contributed by atoms with E-state index in [1.165, 1.54) is 0 Å². The van der Waals surface area contributed by atoms with Crippen LogP contribution in [0.3, 0.4) is 0 Å². The zero-order valence-corrected chi connectivity index (χ0v) is 15.5. The van der Waals surface area contributed by atoms with Crippen LogP contribution in [0.5, 0.6) is 0 Å². The van der Waals surface area contributed by atoms with Gasteiger partial charge in [0.1, 0.15) is 0 Å². The third kappa shape index (κ3) is 3.50. The molecule has 4 rings (SSSR count). The van der Waals surface area contributed by atoms with E-state index in [1.807, 2.05) is 30.3 Å². The van der Waals surface area contributed by atoms with Crippen molar-refractivity contribution in [1.29, 1.82) is 0 Å². The van der Waals surface area contributed by atoms with Gasteiger partial charge in [-0.05, 0) is 48.5 Å². The van der Waals surface area contributed by atoms with E-state index >= 15 is 0 Å². The Morgan fingerprint density at radius 1 is 0.852 bits per heavy atom. The summed E-state index contributed by atoms with van der Waals surface area (Å²) in [4.78, 5) is 17.5. The summed E-state index contributed by atoms with van der Waals surface area (Å²) in [5, 5.41) is 5.62. The average molecular weight is 394 g/mol. The van der Waals surface area contributed by atoms with Gasteiger partial charge in [-0.1, -0.05) is 41.4 Å². The number of carbonyl (C=O) groups is 1. The Balaban J connectivity index is 1.89. The first-order valence-electron chi connectivity index (χ1n) is 8.19. The lowest BCUT2D eigenvalue weighted by atomic mass is 10.00. The lowest BCUT2D eigenvalue weighted by Gasteiger charge is -2.09. The number of carbonyl (C=O) groups excluding carboxylic acids is 1. The minimum atomic E-state index is -0.140. The van der Waals surface area contributed by atoms with Crippen molar-refractivity contribution in [3.8, 4) is 17.1 Å². The topological polar surface area (TPSA) is 47.8 Å². The van der Waals surface area contributed by atoms with Crippen LogP contribution in [0.2, 0.25) is 10.0 Å². The number of benzene rings is 2. The molecule has 0 aliphatic carbocycles. The van der Waals surface area contributed by atoms with Crippen LogP contribution >= 0.6 is 23.2 Å². The van der Waals surface area contributed by atoms with Crippen molar-refractivity contribution in [1.82, 2.24) is 14.8 Å². The van der Waals surface area contributed by atoms with Crippen LogP contribution in [0.4, 0.5) is 0 Å². The first-order chi connectivity index (χ1) is 13.1. The van der Waals surface area contributed by atoms with Gasteiger partial charge in [0.05, 0.1) is 17.5 Å². The highest BCUT2D eigenvalue weighted by Gasteiger charge is 2.21. The van der Waals surface area contributed by atoms with Crippen molar-refractivity contribution in [3.05, 3.63) is 100 Å². The molecule has 2 aromatic carbocycles. The zero-order chi connectivity index (χ0) is 18.8. The molecule has 27 heavy (non-hydrogen) atoms. The van der Waals surface area contributed by atoms with E-state index in [4.69, 9.17) is 23.2 Å². The van der Waals surface area contributed by atoms with Gasteiger partial charge >= 0.3 is 0 Å². The lowest BCUT2D eigenvalue weighted by Crippen LogP contribution is -2.06. The van der Waals surface area contributed by atoms with Crippen LogP contribution in [-0.4, -0.2) is 20.5 Å². The largest absolute Gasteiger partial charge is 0.288 e. The number of pyridine rings is 1. The number of ketones is 1. The van der Waals surface area contributed by atoms with Crippen LogP contribution in [0.25, 0.3) is 17.1 Å². The monoisotopic (exact) mass is 393 g/mol. The molecule has 0 saturated heterocycles. The standard InChI is InChI=1S/C21H13Cl2N3O/c22-16-8-4-14(5-9-16)20-18(21(27)15-6-10-17(23)11-7-15)13-25-26(20)19-3-1-2-12-24-19/h1-13H. The Hall–Kier alpha value is -2.95. The number of hydrogen-bond donors (Lipinski definition) is 0. The molecule has 0 atom stereocenters. The molecule has 0 N–H and O–H groups in total. The molecule has 0 saturated carbocycles. The van der Waals surface area contributed by atoms with Crippen LogP contribution < -0.4 is 0 Å². The van der Waals surface area contributed by atoms with Gasteiger partial charge in [0.15, 0.2) is 11.6 Å². The number of aromatic nitrogens is 3. The molecule has 0 amide bonds. The first-order valence-corrected chi connectivity index (χ1v) is 8.95. The van der Waals surface area contributed by atoms with E-state index in [0.717, 1.165) is 5.56 Å². The Bertz CT molecular complexity index is 1090. The highest BCUT2D eigenvalue weighted by Crippen LogP contribution is 2.29. The molecule has 132 valence electrons. The molecule has 4 aromatic rings. The van der Waals surface area contributed by atoms with E-state index in [1.54, 1.807) is 53.5 Å². The average Bonchev–Trinajstić information content (AvgIpc) is 3.14. The van der Waals surface area contributed by atoms with Gasteiger partial charge in [-0.15, -0.1) is 0 Å². The smallest absolute Gasteiger partial charge is 0.196 e. The minimum absolute atomic E-state index is 0.140.